The molecule has 0 heterocycles. The van der Waals surface area contributed by atoms with Gasteiger partial charge in [0.2, 0.25) is 0 Å². The second-order valence-corrected chi connectivity index (χ2v) is 4.22. The van der Waals surface area contributed by atoms with E-state index in [1.165, 1.54) is 12.1 Å². The monoisotopic (exact) mass is 256 g/mol. The highest BCUT2D eigenvalue weighted by Crippen LogP contribution is 2.02. The topological polar surface area (TPSA) is 33.3 Å². The van der Waals surface area contributed by atoms with E-state index in [1.807, 2.05) is 13.0 Å². The number of hydrogen-bond donors (Lipinski definition) is 2. The third-order valence-corrected chi connectivity index (χ3v) is 2.40. The normalized spacial score (nSPS) is 11.9. The van der Waals surface area contributed by atoms with Gasteiger partial charge in [0.1, 0.15) is 5.82 Å². The summed E-state index contributed by atoms with van der Waals surface area (Å²) >= 11 is 5.10. The maximum absolute atomic E-state index is 12.9. The van der Waals surface area contributed by atoms with E-state index < -0.39 is 0 Å². The van der Waals surface area contributed by atoms with Crippen molar-refractivity contribution in [3.63, 3.8) is 0 Å². The van der Waals surface area contributed by atoms with Crippen molar-refractivity contribution in [3.05, 3.63) is 35.6 Å². The lowest BCUT2D eigenvalue weighted by molar-refractivity contribution is 0.179. The molecule has 17 heavy (non-hydrogen) atoms. The summed E-state index contributed by atoms with van der Waals surface area (Å²) in [7, 11) is 1.64. The van der Waals surface area contributed by atoms with Gasteiger partial charge in [-0.15, -0.1) is 0 Å². The van der Waals surface area contributed by atoms with Crippen LogP contribution in [0.1, 0.15) is 12.5 Å². The Morgan fingerprint density at radius 1 is 1.53 bits per heavy atom. The summed E-state index contributed by atoms with van der Waals surface area (Å²) in [5.74, 6) is -0.240. The van der Waals surface area contributed by atoms with Crippen molar-refractivity contribution in [2.24, 2.45) is 0 Å². The maximum Gasteiger partial charge on any atom is 0.166 e. The molecule has 1 aromatic carbocycles. The van der Waals surface area contributed by atoms with E-state index >= 15 is 0 Å². The van der Waals surface area contributed by atoms with E-state index in [2.05, 4.69) is 10.6 Å². The number of benzene rings is 1. The standard InChI is InChI=1S/C12H17FN2OS/c1-9(8-16-2)15-12(17)14-7-10-4-3-5-11(13)6-10/h3-6,9H,7-8H2,1-2H3,(H2,14,15,17). The quantitative estimate of drug-likeness (QED) is 0.787. The van der Waals surface area contributed by atoms with E-state index in [0.717, 1.165) is 5.56 Å². The van der Waals surface area contributed by atoms with Crippen LogP contribution in [0.15, 0.2) is 24.3 Å². The highest BCUT2D eigenvalue weighted by molar-refractivity contribution is 7.80. The number of rotatable bonds is 5. The van der Waals surface area contributed by atoms with Gasteiger partial charge >= 0.3 is 0 Å². The lowest BCUT2D eigenvalue weighted by atomic mass is 10.2. The molecule has 2 N–H and O–H groups in total. The van der Waals surface area contributed by atoms with E-state index in [-0.39, 0.29) is 11.9 Å². The highest BCUT2D eigenvalue weighted by atomic mass is 32.1. The van der Waals surface area contributed by atoms with Crippen LogP contribution < -0.4 is 10.6 Å². The van der Waals surface area contributed by atoms with E-state index in [0.29, 0.717) is 18.3 Å². The van der Waals surface area contributed by atoms with Crippen LogP contribution in [-0.2, 0) is 11.3 Å². The predicted molar refractivity (Wildman–Crippen MR) is 70.3 cm³/mol. The first-order valence-corrected chi connectivity index (χ1v) is 5.80. The number of ether oxygens (including phenoxy) is 1. The summed E-state index contributed by atoms with van der Waals surface area (Å²) in [6, 6.07) is 6.57. The van der Waals surface area contributed by atoms with Gasteiger partial charge in [0.25, 0.3) is 0 Å². The first-order valence-electron chi connectivity index (χ1n) is 5.39. The van der Waals surface area contributed by atoms with Gasteiger partial charge < -0.3 is 15.4 Å². The van der Waals surface area contributed by atoms with Crippen LogP contribution in [0, 0.1) is 5.82 Å². The van der Waals surface area contributed by atoms with Crippen LogP contribution in [0.3, 0.4) is 0 Å². The Balaban J connectivity index is 2.33. The van der Waals surface area contributed by atoms with Crippen molar-refractivity contribution in [2.45, 2.75) is 19.5 Å². The molecule has 0 aromatic heterocycles. The predicted octanol–water partition coefficient (Wildman–Crippen LogP) is 1.82. The summed E-state index contributed by atoms with van der Waals surface area (Å²) in [4.78, 5) is 0. The van der Waals surface area contributed by atoms with E-state index in [1.54, 1.807) is 13.2 Å². The van der Waals surface area contributed by atoms with Gasteiger partial charge in [0.05, 0.1) is 6.61 Å². The first kappa shape index (κ1) is 13.9. The van der Waals surface area contributed by atoms with Crippen molar-refractivity contribution in [1.29, 1.82) is 0 Å². The lowest BCUT2D eigenvalue weighted by Crippen LogP contribution is -2.42. The van der Waals surface area contributed by atoms with Crippen LogP contribution in [0.4, 0.5) is 4.39 Å². The first-order chi connectivity index (χ1) is 8.11. The molecule has 0 aliphatic heterocycles. The Kier molecular flexibility index (Phi) is 5.86. The zero-order valence-corrected chi connectivity index (χ0v) is 10.8. The molecule has 0 saturated carbocycles. The van der Waals surface area contributed by atoms with Gasteiger partial charge in [-0.1, -0.05) is 12.1 Å². The SMILES string of the molecule is COCC(C)NC(=S)NCc1cccc(F)c1. The highest BCUT2D eigenvalue weighted by Gasteiger charge is 2.03. The van der Waals surface area contributed by atoms with Crippen molar-refractivity contribution < 1.29 is 9.13 Å². The average Bonchev–Trinajstić information content (AvgIpc) is 2.27. The molecule has 0 aliphatic rings. The molecule has 3 nitrogen and oxygen atoms in total. The van der Waals surface area contributed by atoms with Gasteiger partial charge in [-0.2, -0.15) is 0 Å². The van der Waals surface area contributed by atoms with Crippen LogP contribution in [0.25, 0.3) is 0 Å². The molecule has 1 unspecified atom stereocenters. The number of halogens is 1. The Morgan fingerprint density at radius 2 is 2.29 bits per heavy atom. The summed E-state index contributed by atoms with van der Waals surface area (Å²) in [6.45, 7) is 3.06. The Bertz CT molecular complexity index is 373. The van der Waals surface area contributed by atoms with Crippen molar-refractivity contribution >= 4 is 17.3 Å². The molecule has 0 spiro atoms. The van der Waals surface area contributed by atoms with E-state index in [4.69, 9.17) is 17.0 Å². The molecule has 0 amide bonds. The largest absolute Gasteiger partial charge is 0.383 e. The average molecular weight is 256 g/mol. The molecule has 94 valence electrons. The van der Waals surface area contributed by atoms with Crippen LogP contribution >= 0.6 is 12.2 Å². The Labute approximate surface area is 106 Å². The number of methoxy groups -OCH3 is 1. The van der Waals surface area contributed by atoms with Gasteiger partial charge in [-0.3, -0.25) is 0 Å². The maximum atomic E-state index is 12.9. The Morgan fingerprint density at radius 3 is 2.94 bits per heavy atom. The van der Waals surface area contributed by atoms with Gasteiger partial charge in [-0.25, -0.2) is 4.39 Å². The fourth-order valence-electron chi connectivity index (χ4n) is 1.40. The molecule has 0 fully saturated rings. The van der Waals surface area contributed by atoms with Crippen LogP contribution in [0.5, 0.6) is 0 Å². The lowest BCUT2D eigenvalue weighted by Gasteiger charge is -2.16. The zero-order chi connectivity index (χ0) is 12.7. The molecule has 1 atom stereocenters. The van der Waals surface area contributed by atoms with Crippen LogP contribution in [-0.4, -0.2) is 24.9 Å². The third-order valence-electron chi connectivity index (χ3n) is 2.14. The smallest absolute Gasteiger partial charge is 0.166 e. The molecular weight excluding hydrogens is 239 g/mol. The molecule has 0 radical (unpaired) electrons. The molecule has 5 heteroatoms. The second-order valence-electron chi connectivity index (χ2n) is 3.81. The molecule has 0 saturated heterocycles. The summed E-state index contributed by atoms with van der Waals surface area (Å²) in [6.07, 6.45) is 0. The fraction of sp³-hybridized carbons (Fsp3) is 0.417. The fourth-order valence-corrected chi connectivity index (χ4v) is 1.67. The van der Waals surface area contributed by atoms with Crippen molar-refractivity contribution in [2.75, 3.05) is 13.7 Å². The second kappa shape index (κ2) is 7.19. The van der Waals surface area contributed by atoms with Gasteiger partial charge in [0, 0.05) is 19.7 Å². The van der Waals surface area contributed by atoms with Crippen LogP contribution in [0.2, 0.25) is 0 Å². The minimum Gasteiger partial charge on any atom is -0.383 e. The van der Waals surface area contributed by atoms with Gasteiger partial charge in [-0.05, 0) is 36.8 Å². The number of nitrogens with one attached hydrogen (secondary N) is 2. The molecule has 1 aromatic rings. The number of hydrogen-bond acceptors (Lipinski definition) is 2. The molecular formula is C12H17FN2OS. The minimum absolute atomic E-state index is 0.146. The summed E-state index contributed by atoms with van der Waals surface area (Å²) in [5.41, 5.74) is 0.855. The molecule has 1 rings (SSSR count). The summed E-state index contributed by atoms with van der Waals surface area (Å²) < 4.78 is 17.9. The zero-order valence-electron chi connectivity index (χ0n) is 10.00. The van der Waals surface area contributed by atoms with E-state index in [9.17, 15) is 4.39 Å². The molecule has 0 bridgehead atoms. The Hall–Kier alpha value is -1.20. The molecule has 0 aliphatic carbocycles. The third kappa shape index (κ3) is 5.60. The van der Waals surface area contributed by atoms with Gasteiger partial charge in [0.15, 0.2) is 5.11 Å². The van der Waals surface area contributed by atoms with Crippen molar-refractivity contribution in [3.8, 4) is 0 Å². The minimum atomic E-state index is -0.240. The summed E-state index contributed by atoms with van der Waals surface area (Å²) in [5, 5.41) is 6.62. The van der Waals surface area contributed by atoms with Crippen molar-refractivity contribution in [1.82, 2.24) is 10.6 Å². The number of thiocarbonyl (C=S) groups is 1.